The molecule has 0 saturated heterocycles. The summed E-state index contributed by atoms with van der Waals surface area (Å²) in [5.74, 6) is 0. The molecular formula is C7H4BrF3IN. The molecule has 0 atom stereocenters. The molecule has 6 heteroatoms. The Labute approximate surface area is 94.8 Å². The van der Waals surface area contributed by atoms with Gasteiger partial charge in [-0.25, -0.2) is 0 Å². The average molecular weight is 366 g/mol. The van der Waals surface area contributed by atoms with E-state index in [0.29, 0.717) is 0 Å². The molecule has 0 aliphatic heterocycles. The molecule has 0 amide bonds. The van der Waals surface area contributed by atoms with E-state index in [2.05, 4.69) is 15.9 Å². The monoisotopic (exact) mass is 365 g/mol. The summed E-state index contributed by atoms with van der Waals surface area (Å²) in [5, 5.41) is 0. The number of halogens is 5. The van der Waals surface area contributed by atoms with Gasteiger partial charge in [-0.1, -0.05) is 15.9 Å². The molecule has 2 N–H and O–H groups in total. The van der Waals surface area contributed by atoms with E-state index in [4.69, 9.17) is 5.73 Å². The molecule has 0 fully saturated rings. The van der Waals surface area contributed by atoms with Gasteiger partial charge in [-0.05, 0) is 34.7 Å². The van der Waals surface area contributed by atoms with Crippen LogP contribution >= 0.6 is 38.5 Å². The zero-order valence-electron chi connectivity index (χ0n) is 6.12. The van der Waals surface area contributed by atoms with Gasteiger partial charge in [-0.3, -0.25) is 0 Å². The van der Waals surface area contributed by atoms with E-state index >= 15 is 0 Å². The van der Waals surface area contributed by atoms with Crippen molar-refractivity contribution in [2.45, 2.75) is 6.18 Å². The maximum atomic E-state index is 12.4. The van der Waals surface area contributed by atoms with Gasteiger partial charge in [-0.15, -0.1) is 0 Å². The van der Waals surface area contributed by atoms with Crippen LogP contribution in [-0.2, 0) is 6.18 Å². The van der Waals surface area contributed by atoms with Crippen LogP contribution in [0.25, 0.3) is 0 Å². The highest BCUT2D eigenvalue weighted by atomic mass is 127. The van der Waals surface area contributed by atoms with Crippen LogP contribution < -0.4 is 5.73 Å². The van der Waals surface area contributed by atoms with Crippen molar-refractivity contribution in [3.05, 3.63) is 25.7 Å². The zero-order valence-corrected chi connectivity index (χ0v) is 9.87. The molecule has 0 bridgehead atoms. The topological polar surface area (TPSA) is 26.0 Å². The second-order valence-electron chi connectivity index (χ2n) is 2.32. The van der Waals surface area contributed by atoms with Gasteiger partial charge in [0.05, 0.1) is 5.56 Å². The van der Waals surface area contributed by atoms with E-state index in [1.54, 1.807) is 22.6 Å². The molecule has 0 aromatic heterocycles. The van der Waals surface area contributed by atoms with Crippen molar-refractivity contribution in [2.75, 3.05) is 5.73 Å². The second-order valence-corrected chi connectivity index (χ2v) is 4.26. The van der Waals surface area contributed by atoms with E-state index in [1.807, 2.05) is 0 Å². The first-order chi connectivity index (χ1) is 5.84. The Bertz CT molecular complexity index is 337. The standard InChI is InChI=1S/C7H4BrF3IN/c8-3-1-2-4(13)6(12)5(3)7(9,10)11/h1-2H,13H2. The molecule has 0 spiro atoms. The highest BCUT2D eigenvalue weighted by molar-refractivity contribution is 14.1. The SMILES string of the molecule is Nc1ccc(Br)c(C(F)(F)F)c1I. The van der Waals surface area contributed by atoms with Gasteiger partial charge in [0.1, 0.15) is 0 Å². The Hall–Kier alpha value is 0.0200. The molecule has 1 rings (SSSR count). The van der Waals surface area contributed by atoms with Crippen LogP contribution in [0, 0.1) is 3.57 Å². The summed E-state index contributed by atoms with van der Waals surface area (Å²) in [6.07, 6.45) is -4.37. The van der Waals surface area contributed by atoms with Crippen molar-refractivity contribution in [3.63, 3.8) is 0 Å². The van der Waals surface area contributed by atoms with Gasteiger partial charge < -0.3 is 5.73 Å². The average Bonchev–Trinajstić information content (AvgIpc) is 1.95. The number of rotatable bonds is 0. The molecule has 1 aromatic rings. The predicted molar refractivity (Wildman–Crippen MR) is 56.3 cm³/mol. The van der Waals surface area contributed by atoms with Crippen LogP contribution in [0.2, 0.25) is 0 Å². The molecule has 13 heavy (non-hydrogen) atoms. The number of hydrogen-bond donors (Lipinski definition) is 1. The molecule has 1 aromatic carbocycles. The molecule has 0 heterocycles. The third-order valence-electron chi connectivity index (χ3n) is 1.40. The normalized spacial score (nSPS) is 11.8. The van der Waals surface area contributed by atoms with Crippen LogP contribution in [0.1, 0.15) is 5.56 Å². The van der Waals surface area contributed by atoms with Crippen molar-refractivity contribution in [1.29, 1.82) is 0 Å². The third kappa shape index (κ3) is 2.28. The minimum atomic E-state index is -4.37. The first-order valence-corrected chi connectivity index (χ1v) is 5.02. The lowest BCUT2D eigenvalue weighted by Gasteiger charge is -2.12. The molecular weight excluding hydrogens is 362 g/mol. The van der Waals surface area contributed by atoms with E-state index in [0.717, 1.165) is 0 Å². The van der Waals surface area contributed by atoms with E-state index in [1.165, 1.54) is 12.1 Å². The van der Waals surface area contributed by atoms with Gasteiger partial charge in [0.2, 0.25) is 0 Å². The van der Waals surface area contributed by atoms with Crippen LogP contribution in [0.15, 0.2) is 16.6 Å². The van der Waals surface area contributed by atoms with Gasteiger partial charge in [0, 0.05) is 13.7 Å². The van der Waals surface area contributed by atoms with E-state index in [-0.39, 0.29) is 13.7 Å². The lowest BCUT2D eigenvalue weighted by atomic mass is 10.2. The summed E-state index contributed by atoms with van der Waals surface area (Å²) < 4.78 is 37.2. The van der Waals surface area contributed by atoms with Crippen molar-refractivity contribution in [1.82, 2.24) is 0 Å². The van der Waals surface area contributed by atoms with Crippen molar-refractivity contribution in [3.8, 4) is 0 Å². The fraction of sp³-hybridized carbons (Fsp3) is 0.143. The Balaban J connectivity index is 3.43. The molecule has 0 unspecified atom stereocenters. The molecule has 1 nitrogen and oxygen atoms in total. The van der Waals surface area contributed by atoms with Crippen LogP contribution in [-0.4, -0.2) is 0 Å². The number of benzene rings is 1. The first-order valence-electron chi connectivity index (χ1n) is 3.14. The van der Waals surface area contributed by atoms with Crippen LogP contribution in [0.3, 0.4) is 0 Å². The second kappa shape index (κ2) is 3.64. The number of alkyl halides is 3. The Morgan fingerprint density at radius 3 is 2.23 bits per heavy atom. The van der Waals surface area contributed by atoms with Crippen LogP contribution in [0.5, 0.6) is 0 Å². The molecule has 0 saturated carbocycles. The number of anilines is 1. The Morgan fingerprint density at radius 1 is 1.31 bits per heavy atom. The maximum absolute atomic E-state index is 12.4. The summed E-state index contributed by atoms with van der Waals surface area (Å²) in [5.41, 5.74) is 4.78. The summed E-state index contributed by atoms with van der Waals surface area (Å²) in [6.45, 7) is 0. The zero-order chi connectivity index (χ0) is 10.2. The Kier molecular flexibility index (Phi) is 3.11. The predicted octanol–water partition coefficient (Wildman–Crippen LogP) is 3.65. The fourth-order valence-corrected chi connectivity index (χ4v) is 2.53. The largest absolute Gasteiger partial charge is 0.418 e. The first kappa shape index (κ1) is 11.1. The van der Waals surface area contributed by atoms with Gasteiger partial charge in [0.15, 0.2) is 0 Å². The Morgan fingerprint density at radius 2 is 1.85 bits per heavy atom. The highest BCUT2D eigenvalue weighted by Crippen LogP contribution is 2.39. The molecule has 0 radical (unpaired) electrons. The summed E-state index contributed by atoms with van der Waals surface area (Å²) in [7, 11) is 0. The van der Waals surface area contributed by atoms with Gasteiger partial charge in [0.25, 0.3) is 0 Å². The number of hydrogen-bond acceptors (Lipinski definition) is 1. The molecule has 72 valence electrons. The van der Waals surface area contributed by atoms with Crippen molar-refractivity contribution >= 4 is 44.2 Å². The van der Waals surface area contributed by atoms with Gasteiger partial charge >= 0.3 is 6.18 Å². The fourth-order valence-electron chi connectivity index (χ4n) is 0.828. The minimum absolute atomic E-state index is 0.0126. The lowest BCUT2D eigenvalue weighted by Crippen LogP contribution is -2.10. The number of nitrogens with two attached hydrogens (primary N) is 1. The summed E-state index contributed by atoms with van der Waals surface area (Å²) >= 11 is 4.42. The molecule has 0 aliphatic rings. The van der Waals surface area contributed by atoms with Crippen molar-refractivity contribution in [2.24, 2.45) is 0 Å². The van der Waals surface area contributed by atoms with Gasteiger partial charge in [-0.2, -0.15) is 13.2 Å². The molecule has 0 aliphatic carbocycles. The highest BCUT2D eigenvalue weighted by Gasteiger charge is 2.35. The number of nitrogen functional groups attached to an aromatic ring is 1. The van der Waals surface area contributed by atoms with E-state index in [9.17, 15) is 13.2 Å². The van der Waals surface area contributed by atoms with Crippen molar-refractivity contribution < 1.29 is 13.2 Å². The summed E-state index contributed by atoms with van der Waals surface area (Å²) in [4.78, 5) is 0. The minimum Gasteiger partial charge on any atom is -0.398 e. The smallest absolute Gasteiger partial charge is 0.398 e. The quantitative estimate of drug-likeness (QED) is 0.551. The van der Waals surface area contributed by atoms with E-state index < -0.39 is 11.7 Å². The third-order valence-corrected chi connectivity index (χ3v) is 3.23. The lowest BCUT2D eigenvalue weighted by molar-refractivity contribution is -0.138. The maximum Gasteiger partial charge on any atom is 0.418 e. The van der Waals surface area contributed by atoms with Crippen LogP contribution in [0.4, 0.5) is 18.9 Å². The summed E-state index contributed by atoms with van der Waals surface area (Å²) in [6, 6.07) is 2.72.